The standard InChI is InChI=1S/C13H19N/c1-9-5-6-12-13(11(9)3)10(2)7-8-14(12)4/h5-6,10H,7-8H2,1-4H3. The number of hydrogen-bond acceptors (Lipinski definition) is 1. The molecule has 14 heavy (non-hydrogen) atoms. The molecule has 1 heterocycles. The number of anilines is 1. The van der Waals surface area contributed by atoms with Gasteiger partial charge in [-0.2, -0.15) is 0 Å². The van der Waals surface area contributed by atoms with E-state index in [0.29, 0.717) is 0 Å². The van der Waals surface area contributed by atoms with Gasteiger partial charge in [-0.15, -0.1) is 0 Å². The van der Waals surface area contributed by atoms with Gasteiger partial charge < -0.3 is 4.90 Å². The van der Waals surface area contributed by atoms with Crippen molar-refractivity contribution in [3.8, 4) is 0 Å². The van der Waals surface area contributed by atoms with Gasteiger partial charge in [0.1, 0.15) is 0 Å². The zero-order valence-corrected chi connectivity index (χ0v) is 9.59. The zero-order chi connectivity index (χ0) is 10.3. The maximum atomic E-state index is 2.38. The lowest BCUT2D eigenvalue weighted by molar-refractivity contribution is 0.633. The first-order chi connectivity index (χ1) is 6.61. The minimum absolute atomic E-state index is 0.723. The van der Waals surface area contributed by atoms with Gasteiger partial charge in [0.2, 0.25) is 0 Å². The van der Waals surface area contributed by atoms with Gasteiger partial charge in [-0.3, -0.25) is 0 Å². The maximum Gasteiger partial charge on any atom is 0.0401 e. The van der Waals surface area contributed by atoms with Crippen molar-refractivity contribution in [3.63, 3.8) is 0 Å². The van der Waals surface area contributed by atoms with Crippen molar-refractivity contribution in [2.45, 2.75) is 33.1 Å². The van der Waals surface area contributed by atoms with Crippen LogP contribution in [0.15, 0.2) is 12.1 Å². The van der Waals surface area contributed by atoms with E-state index in [1.54, 1.807) is 5.56 Å². The fourth-order valence-corrected chi connectivity index (χ4v) is 2.43. The molecule has 2 rings (SSSR count). The predicted molar refractivity (Wildman–Crippen MR) is 62.2 cm³/mol. The van der Waals surface area contributed by atoms with E-state index in [4.69, 9.17) is 0 Å². The van der Waals surface area contributed by atoms with Crippen molar-refractivity contribution in [1.29, 1.82) is 0 Å². The Morgan fingerprint density at radius 3 is 2.71 bits per heavy atom. The average Bonchev–Trinajstić information content (AvgIpc) is 2.16. The molecule has 0 radical (unpaired) electrons. The molecular formula is C13H19N. The summed E-state index contributed by atoms with van der Waals surface area (Å²) in [5.74, 6) is 0.723. The fourth-order valence-electron chi connectivity index (χ4n) is 2.43. The highest BCUT2D eigenvalue weighted by molar-refractivity contribution is 5.61. The smallest absolute Gasteiger partial charge is 0.0401 e. The molecule has 1 unspecified atom stereocenters. The van der Waals surface area contributed by atoms with Crippen molar-refractivity contribution in [3.05, 3.63) is 28.8 Å². The second kappa shape index (κ2) is 3.30. The summed E-state index contributed by atoms with van der Waals surface area (Å²) < 4.78 is 0. The topological polar surface area (TPSA) is 3.24 Å². The maximum absolute atomic E-state index is 2.38. The van der Waals surface area contributed by atoms with Crippen molar-refractivity contribution >= 4 is 5.69 Å². The Bertz CT molecular complexity index is 354. The number of nitrogens with zero attached hydrogens (tertiary/aromatic N) is 1. The van der Waals surface area contributed by atoms with Crippen LogP contribution >= 0.6 is 0 Å². The number of aryl methyl sites for hydroxylation is 1. The summed E-state index contributed by atoms with van der Waals surface area (Å²) >= 11 is 0. The lowest BCUT2D eigenvalue weighted by Gasteiger charge is -2.33. The van der Waals surface area contributed by atoms with Crippen LogP contribution in [-0.2, 0) is 0 Å². The summed E-state index contributed by atoms with van der Waals surface area (Å²) in [6.07, 6.45) is 1.29. The molecule has 1 aromatic rings. The second-order valence-corrected chi connectivity index (χ2v) is 4.55. The summed E-state index contributed by atoms with van der Waals surface area (Å²) in [6.45, 7) is 8.00. The van der Waals surface area contributed by atoms with Crippen LogP contribution in [0.2, 0.25) is 0 Å². The third-order valence-corrected chi connectivity index (χ3v) is 3.56. The summed E-state index contributed by atoms with van der Waals surface area (Å²) in [7, 11) is 2.19. The molecular weight excluding hydrogens is 170 g/mol. The van der Waals surface area contributed by atoms with Gasteiger partial charge >= 0.3 is 0 Å². The molecule has 1 aromatic carbocycles. The zero-order valence-electron chi connectivity index (χ0n) is 9.59. The Labute approximate surface area is 86.7 Å². The minimum Gasteiger partial charge on any atom is -0.374 e. The Balaban J connectivity index is 2.61. The van der Waals surface area contributed by atoms with Crippen LogP contribution in [0.1, 0.15) is 36.0 Å². The minimum atomic E-state index is 0.723. The fraction of sp³-hybridized carbons (Fsp3) is 0.538. The Morgan fingerprint density at radius 1 is 1.29 bits per heavy atom. The monoisotopic (exact) mass is 189 g/mol. The SMILES string of the molecule is Cc1ccc2c(c1C)C(C)CCN2C. The quantitative estimate of drug-likeness (QED) is 0.605. The molecule has 1 nitrogen and oxygen atoms in total. The lowest BCUT2D eigenvalue weighted by atomic mass is 9.86. The third-order valence-electron chi connectivity index (χ3n) is 3.56. The number of rotatable bonds is 0. The van der Waals surface area contributed by atoms with Gasteiger partial charge in [0.25, 0.3) is 0 Å². The van der Waals surface area contributed by atoms with Crippen LogP contribution in [-0.4, -0.2) is 13.6 Å². The van der Waals surface area contributed by atoms with E-state index in [2.05, 4.69) is 44.9 Å². The van der Waals surface area contributed by atoms with Crippen LogP contribution < -0.4 is 4.90 Å². The highest BCUT2D eigenvalue weighted by Gasteiger charge is 2.21. The molecule has 0 saturated carbocycles. The van der Waals surface area contributed by atoms with E-state index < -0.39 is 0 Å². The third kappa shape index (κ3) is 1.31. The Morgan fingerprint density at radius 2 is 2.00 bits per heavy atom. The van der Waals surface area contributed by atoms with Crippen molar-refractivity contribution < 1.29 is 0 Å². The molecule has 0 saturated heterocycles. The second-order valence-electron chi connectivity index (χ2n) is 4.55. The van der Waals surface area contributed by atoms with E-state index in [1.165, 1.54) is 29.8 Å². The van der Waals surface area contributed by atoms with E-state index in [1.807, 2.05) is 0 Å². The molecule has 0 spiro atoms. The van der Waals surface area contributed by atoms with E-state index in [0.717, 1.165) is 5.92 Å². The first-order valence-corrected chi connectivity index (χ1v) is 5.42. The van der Waals surface area contributed by atoms with Gasteiger partial charge in [0, 0.05) is 19.3 Å². The lowest BCUT2D eigenvalue weighted by Crippen LogP contribution is -2.27. The van der Waals surface area contributed by atoms with Crippen LogP contribution in [0.5, 0.6) is 0 Å². The summed E-state index contributed by atoms with van der Waals surface area (Å²) in [6, 6.07) is 4.51. The van der Waals surface area contributed by atoms with E-state index in [-0.39, 0.29) is 0 Å². The van der Waals surface area contributed by atoms with Gasteiger partial charge in [0.05, 0.1) is 0 Å². The van der Waals surface area contributed by atoms with E-state index in [9.17, 15) is 0 Å². The van der Waals surface area contributed by atoms with Crippen LogP contribution in [0, 0.1) is 13.8 Å². The number of hydrogen-bond donors (Lipinski definition) is 0. The first kappa shape index (κ1) is 9.57. The van der Waals surface area contributed by atoms with Crippen molar-refractivity contribution in [2.24, 2.45) is 0 Å². The molecule has 1 heteroatoms. The molecule has 0 aromatic heterocycles. The Kier molecular flexibility index (Phi) is 2.26. The van der Waals surface area contributed by atoms with E-state index >= 15 is 0 Å². The summed E-state index contributed by atoms with van der Waals surface area (Å²) in [5.41, 5.74) is 5.91. The largest absolute Gasteiger partial charge is 0.374 e. The highest BCUT2D eigenvalue weighted by atomic mass is 15.1. The van der Waals surface area contributed by atoms with Gasteiger partial charge in [0.15, 0.2) is 0 Å². The first-order valence-electron chi connectivity index (χ1n) is 5.42. The molecule has 0 amide bonds. The predicted octanol–water partition coefficient (Wildman–Crippen LogP) is 3.25. The van der Waals surface area contributed by atoms with Crippen molar-refractivity contribution in [1.82, 2.24) is 0 Å². The van der Waals surface area contributed by atoms with Gasteiger partial charge in [-0.05, 0) is 48.9 Å². The van der Waals surface area contributed by atoms with Gasteiger partial charge in [-0.1, -0.05) is 13.0 Å². The van der Waals surface area contributed by atoms with Crippen LogP contribution in [0.25, 0.3) is 0 Å². The van der Waals surface area contributed by atoms with Gasteiger partial charge in [-0.25, -0.2) is 0 Å². The highest BCUT2D eigenvalue weighted by Crippen LogP contribution is 2.37. The number of fused-ring (bicyclic) bond motifs is 1. The molecule has 76 valence electrons. The molecule has 0 aliphatic carbocycles. The molecule has 0 N–H and O–H groups in total. The normalized spacial score (nSPS) is 20.9. The Hall–Kier alpha value is -0.980. The molecule has 0 bridgehead atoms. The molecule has 1 atom stereocenters. The number of benzene rings is 1. The summed E-state index contributed by atoms with van der Waals surface area (Å²) in [4.78, 5) is 2.38. The molecule has 1 aliphatic rings. The van der Waals surface area contributed by atoms with Crippen LogP contribution in [0.3, 0.4) is 0 Å². The average molecular weight is 189 g/mol. The van der Waals surface area contributed by atoms with Crippen molar-refractivity contribution in [2.75, 3.05) is 18.5 Å². The molecule has 1 aliphatic heterocycles. The molecule has 0 fully saturated rings. The van der Waals surface area contributed by atoms with Crippen LogP contribution in [0.4, 0.5) is 5.69 Å². The summed E-state index contributed by atoms with van der Waals surface area (Å²) in [5, 5.41) is 0.